The summed E-state index contributed by atoms with van der Waals surface area (Å²) in [4.78, 5) is 23.2. The molecule has 1 aliphatic carbocycles. The van der Waals surface area contributed by atoms with Crippen molar-refractivity contribution in [1.82, 2.24) is 0 Å². The van der Waals surface area contributed by atoms with Crippen molar-refractivity contribution >= 4 is 20.1 Å². The van der Waals surface area contributed by atoms with E-state index < -0.39 is 14.3 Å². The van der Waals surface area contributed by atoms with Gasteiger partial charge in [-0.1, -0.05) is 62.8 Å². The van der Waals surface area contributed by atoms with Gasteiger partial charge in [0.1, 0.15) is 17.6 Å². The average Bonchev–Trinajstić information content (AvgIpc) is 3.12. The van der Waals surface area contributed by atoms with Crippen molar-refractivity contribution in [2.45, 2.75) is 103 Å². The van der Waals surface area contributed by atoms with Crippen LogP contribution in [0.25, 0.3) is 0 Å². The molecule has 2 rings (SSSR count). The monoisotopic (exact) mass is 500 g/mol. The van der Waals surface area contributed by atoms with Crippen molar-refractivity contribution in [3.8, 4) is 5.75 Å². The van der Waals surface area contributed by atoms with Gasteiger partial charge in [0.25, 0.3) is 0 Å². The summed E-state index contributed by atoms with van der Waals surface area (Å²) in [6.45, 7) is 13.4. The first kappa shape index (κ1) is 29.0. The maximum Gasteiger partial charge on any atom is 0.303 e. The summed E-state index contributed by atoms with van der Waals surface area (Å²) < 4.78 is 13.1. The third-order valence-electron chi connectivity index (χ3n) is 7.26. The minimum atomic E-state index is -2.02. The zero-order valence-electron chi connectivity index (χ0n) is 22.4. The number of aliphatic carboxylic acids is 1. The number of para-hydroxylation sites is 1. The van der Waals surface area contributed by atoms with E-state index in [0.29, 0.717) is 19.3 Å². The number of carboxylic acids is 1. The first-order chi connectivity index (χ1) is 16.4. The van der Waals surface area contributed by atoms with Crippen LogP contribution in [0.2, 0.25) is 18.1 Å². The van der Waals surface area contributed by atoms with E-state index in [-0.39, 0.29) is 35.4 Å². The number of carbonyl (C=O) groups is 2. The van der Waals surface area contributed by atoms with E-state index in [0.717, 1.165) is 25.0 Å². The van der Waals surface area contributed by atoms with Gasteiger partial charge in [-0.25, -0.2) is 0 Å². The summed E-state index contributed by atoms with van der Waals surface area (Å²) in [5, 5.41) is 8.85. The highest BCUT2D eigenvalue weighted by atomic mass is 28.4. The van der Waals surface area contributed by atoms with Crippen LogP contribution in [0.5, 0.6) is 5.75 Å². The van der Waals surface area contributed by atoms with Gasteiger partial charge in [0.15, 0.2) is 8.32 Å². The number of Topliss-reactive ketones (excluding diaryl/α,β-unsaturated/α-hetero) is 1. The molecule has 1 N–H and O–H groups in total. The van der Waals surface area contributed by atoms with Crippen LogP contribution in [-0.4, -0.2) is 37.4 Å². The number of carboxylic acid groups (broad SMARTS) is 1. The third-order valence-corrected chi connectivity index (χ3v) is 11.8. The van der Waals surface area contributed by atoms with Gasteiger partial charge in [0.05, 0.1) is 6.10 Å². The van der Waals surface area contributed by atoms with Crippen LogP contribution in [0.15, 0.2) is 54.1 Å². The largest absolute Gasteiger partial charge is 0.488 e. The molecule has 0 spiro atoms. The fraction of sp³-hybridized carbons (Fsp3) is 0.586. The Bertz CT molecular complexity index is 882. The SMILES string of the molecule is CC(Oc1ccccc1)C(CCC1=CCC(=O)[C@@H]1C/C=C\CCCC(=O)O)O[Si](C)(C)C(C)(C)C. The van der Waals surface area contributed by atoms with Gasteiger partial charge < -0.3 is 14.3 Å². The van der Waals surface area contributed by atoms with Crippen molar-refractivity contribution in [2.24, 2.45) is 5.92 Å². The van der Waals surface area contributed by atoms with Crippen LogP contribution >= 0.6 is 0 Å². The van der Waals surface area contributed by atoms with E-state index in [9.17, 15) is 9.59 Å². The van der Waals surface area contributed by atoms with Gasteiger partial charge in [0, 0.05) is 18.8 Å². The molecule has 0 saturated heterocycles. The van der Waals surface area contributed by atoms with E-state index in [1.165, 1.54) is 5.57 Å². The molecule has 0 saturated carbocycles. The predicted octanol–water partition coefficient (Wildman–Crippen LogP) is 7.34. The Morgan fingerprint density at radius 2 is 1.89 bits per heavy atom. The highest BCUT2D eigenvalue weighted by molar-refractivity contribution is 6.74. The van der Waals surface area contributed by atoms with Gasteiger partial charge in [0.2, 0.25) is 0 Å². The van der Waals surface area contributed by atoms with Crippen LogP contribution in [-0.2, 0) is 14.0 Å². The summed E-state index contributed by atoms with van der Waals surface area (Å²) in [5.74, 6) is 0.259. The quantitative estimate of drug-likeness (QED) is 0.164. The molecule has 3 atom stereocenters. The molecule has 0 heterocycles. The van der Waals surface area contributed by atoms with E-state index >= 15 is 0 Å². The highest BCUT2D eigenvalue weighted by Gasteiger charge is 2.40. The van der Waals surface area contributed by atoms with E-state index in [1.54, 1.807) is 0 Å². The molecular weight excluding hydrogens is 456 g/mol. The molecular formula is C29H44O5Si. The third kappa shape index (κ3) is 9.41. The Hall–Kier alpha value is -2.18. The molecule has 0 radical (unpaired) electrons. The second-order valence-electron chi connectivity index (χ2n) is 11.1. The van der Waals surface area contributed by atoms with Crippen LogP contribution < -0.4 is 4.74 Å². The molecule has 2 unspecified atom stereocenters. The zero-order chi connectivity index (χ0) is 26.1. The number of ether oxygens (including phenoxy) is 1. The lowest BCUT2D eigenvalue weighted by Crippen LogP contribution is -2.47. The fourth-order valence-corrected chi connectivity index (χ4v) is 5.47. The topological polar surface area (TPSA) is 72.8 Å². The molecule has 194 valence electrons. The van der Waals surface area contributed by atoms with Gasteiger partial charge >= 0.3 is 5.97 Å². The maximum atomic E-state index is 12.6. The standard InChI is InChI=1S/C29H44O5Si/c1-22(33-24-14-10-9-11-15-24)27(34-35(5,6)29(2,3)4)21-19-23-18-20-26(30)25(23)16-12-7-8-13-17-28(31)32/h7,9-12,14-15,18,22,25,27H,8,13,16-17,19-21H2,1-6H3,(H,31,32)/b12-7-/t22?,25-,27?/m1/s1. The molecule has 35 heavy (non-hydrogen) atoms. The van der Waals surface area contributed by atoms with Gasteiger partial charge in [-0.05, 0) is 69.3 Å². The van der Waals surface area contributed by atoms with Crippen molar-refractivity contribution in [2.75, 3.05) is 0 Å². The molecule has 0 fully saturated rings. The average molecular weight is 501 g/mol. The fourth-order valence-electron chi connectivity index (χ4n) is 4.05. The molecule has 1 aromatic carbocycles. The Morgan fingerprint density at radius 3 is 2.51 bits per heavy atom. The van der Waals surface area contributed by atoms with Crippen molar-refractivity contribution in [1.29, 1.82) is 0 Å². The maximum absolute atomic E-state index is 12.6. The number of hydrogen-bond donors (Lipinski definition) is 1. The van der Waals surface area contributed by atoms with E-state index in [4.69, 9.17) is 14.3 Å². The number of ketones is 1. The smallest absolute Gasteiger partial charge is 0.303 e. The number of hydrogen-bond acceptors (Lipinski definition) is 4. The second kappa shape index (κ2) is 13.2. The molecule has 0 amide bonds. The summed E-state index contributed by atoms with van der Waals surface area (Å²) in [7, 11) is -2.02. The molecule has 5 nitrogen and oxygen atoms in total. The van der Waals surface area contributed by atoms with Crippen LogP contribution in [0.4, 0.5) is 0 Å². The van der Waals surface area contributed by atoms with Crippen molar-refractivity contribution < 1.29 is 23.9 Å². The van der Waals surface area contributed by atoms with Crippen LogP contribution in [0.3, 0.4) is 0 Å². The van der Waals surface area contributed by atoms with E-state index in [1.807, 2.05) is 42.5 Å². The first-order valence-corrected chi connectivity index (χ1v) is 15.8. The van der Waals surface area contributed by atoms with Crippen molar-refractivity contribution in [3.63, 3.8) is 0 Å². The predicted molar refractivity (Wildman–Crippen MR) is 144 cm³/mol. The lowest BCUT2D eigenvalue weighted by atomic mass is 9.91. The number of unbranched alkanes of at least 4 members (excludes halogenated alkanes) is 1. The molecule has 0 aliphatic heterocycles. The molecule has 0 aromatic heterocycles. The van der Waals surface area contributed by atoms with Crippen molar-refractivity contribution in [3.05, 3.63) is 54.1 Å². The molecule has 1 aromatic rings. The van der Waals surface area contributed by atoms with Gasteiger partial charge in [-0.3, -0.25) is 9.59 Å². The number of allylic oxidation sites excluding steroid dienone is 4. The van der Waals surface area contributed by atoms with Gasteiger partial charge in [-0.2, -0.15) is 0 Å². The molecule has 6 heteroatoms. The zero-order valence-corrected chi connectivity index (χ0v) is 23.4. The molecule has 0 bridgehead atoms. The lowest BCUT2D eigenvalue weighted by Gasteiger charge is -2.41. The second-order valence-corrected chi connectivity index (χ2v) is 15.8. The summed E-state index contributed by atoms with van der Waals surface area (Å²) in [6, 6.07) is 9.86. The van der Waals surface area contributed by atoms with Crippen LogP contribution in [0, 0.1) is 5.92 Å². The number of carbonyl (C=O) groups excluding carboxylic acids is 1. The molecule has 1 aliphatic rings. The highest BCUT2D eigenvalue weighted by Crippen LogP contribution is 2.39. The normalized spacial score (nSPS) is 18.5. The Balaban J connectivity index is 2.04. The number of rotatable bonds is 14. The lowest BCUT2D eigenvalue weighted by molar-refractivity contribution is -0.137. The summed E-state index contributed by atoms with van der Waals surface area (Å²) >= 11 is 0. The minimum absolute atomic E-state index is 0.0695. The summed E-state index contributed by atoms with van der Waals surface area (Å²) in [5.41, 5.74) is 1.20. The summed E-state index contributed by atoms with van der Waals surface area (Å²) in [6.07, 6.45) is 10.3. The first-order valence-electron chi connectivity index (χ1n) is 12.9. The van der Waals surface area contributed by atoms with E-state index in [2.05, 4.69) is 46.9 Å². The number of benzene rings is 1. The minimum Gasteiger partial charge on any atom is -0.488 e. The Morgan fingerprint density at radius 1 is 1.20 bits per heavy atom. The van der Waals surface area contributed by atoms with Gasteiger partial charge in [-0.15, -0.1) is 0 Å². The Kier molecular flexibility index (Phi) is 11.0. The Labute approximate surface area is 212 Å². The van der Waals surface area contributed by atoms with Crippen LogP contribution in [0.1, 0.15) is 72.6 Å².